The minimum atomic E-state index is 0.0166. The van der Waals surface area contributed by atoms with Gasteiger partial charge in [0.1, 0.15) is 5.82 Å². The molecule has 5 heteroatoms. The molecule has 0 aliphatic carbocycles. The van der Waals surface area contributed by atoms with Gasteiger partial charge in [-0.2, -0.15) is 0 Å². The van der Waals surface area contributed by atoms with E-state index in [2.05, 4.69) is 29.4 Å². The lowest BCUT2D eigenvalue weighted by atomic mass is 10.1. The number of fused-ring (bicyclic) bond motifs is 2. The Morgan fingerprint density at radius 1 is 1.36 bits per heavy atom. The minimum Gasteiger partial charge on any atom is -0.292 e. The molecule has 2 aromatic heterocycles. The van der Waals surface area contributed by atoms with Gasteiger partial charge in [0.05, 0.1) is 10.9 Å². The summed E-state index contributed by atoms with van der Waals surface area (Å²) in [6.07, 6.45) is 2.99. The van der Waals surface area contributed by atoms with Crippen molar-refractivity contribution in [3.05, 3.63) is 61.3 Å². The molecule has 1 aromatic carbocycles. The number of aryl methyl sites for hydroxylation is 1. The molecule has 0 amide bonds. The Morgan fingerprint density at radius 2 is 2.23 bits per heavy atom. The maximum absolute atomic E-state index is 12.6. The van der Waals surface area contributed by atoms with Gasteiger partial charge in [-0.1, -0.05) is 11.6 Å². The molecule has 1 aliphatic heterocycles. The van der Waals surface area contributed by atoms with Crippen LogP contribution in [0.4, 0.5) is 0 Å². The van der Waals surface area contributed by atoms with Gasteiger partial charge in [-0.15, -0.1) is 11.3 Å². The Bertz CT molecular complexity index is 984. The number of halogens is 1. The molecule has 0 spiro atoms. The fourth-order valence-electron chi connectivity index (χ4n) is 2.82. The lowest BCUT2D eigenvalue weighted by Crippen LogP contribution is -2.20. The Kier molecular flexibility index (Phi) is 3.17. The van der Waals surface area contributed by atoms with Crippen LogP contribution in [0, 0.1) is 6.92 Å². The lowest BCUT2D eigenvalue weighted by molar-refractivity contribution is 0.725. The summed E-state index contributed by atoms with van der Waals surface area (Å²) in [4.78, 5) is 18.5. The molecular formula is C17H13ClN2OS. The monoisotopic (exact) mass is 328 g/mol. The quantitative estimate of drug-likeness (QED) is 0.665. The second kappa shape index (κ2) is 5.07. The van der Waals surface area contributed by atoms with Crippen LogP contribution in [0.1, 0.15) is 22.7 Å². The van der Waals surface area contributed by atoms with Crippen molar-refractivity contribution in [2.45, 2.75) is 19.9 Å². The van der Waals surface area contributed by atoms with Crippen molar-refractivity contribution in [3.63, 3.8) is 0 Å². The van der Waals surface area contributed by atoms with Gasteiger partial charge in [-0.05, 0) is 60.2 Å². The molecule has 0 atom stereocenters. The predicted octanol–water partition coefficient (Wildman–Crippen LogP) is 4.36. The number of hydrogen-bond acceptors (Lipinski definition) is 3. The molecular weight excluding hydrogens is 316 g/mol. The molecule has 0 N–H and O–H groups in total. The molecule has 4 rings (SSSR count). The first-order valence-electron chi connectivity index (χ1n) is 7.08. The first-order chi connectivity index (χ1) is 10.6. The maximum atomic E-state index is 12.6. The van der Waals surface area contributed by atoms with Crippen molar-refractivity contribution >= 4 is 45.5 Å². The Morgan fingerprint density at radius 3 is 3.00 bits per heavy atom. The van der Waals surface area contributed by atoms with Gasteiger partial charge in [0, 0.05) is 16.4 Å². The molecule has 0 fully saturated rings. The van der Waals surface area contributed by atoms with Gasteiger partial charge in [0.15, 0.2) is 0 Å². The van der Waals surface area contributed by atoms with Crippen molar-refractivity contribution in [2.75, 3.05) is 0 Å². The van der Waals surface area contributed by atoms with Gasteiger partial charge in [0.2, 0.25) is 0 Å². The first kappa shape index (κ1) is 13.7. The number of thiophene rings is 1. The van der Waals surface area contributed by atoms with Crippen LogP contribution >= 0.6 is 22.9 Å². The lowest BCUT2D eigenvalue weighted by Gasteiger charge is -2.05. The zero-order chi connectivity index (χ0) is 15.3. The summed E-state index contributed by atoms with van der Waals surface area (Å²) >= 11 is 7.74. The van der Waals surface area contributed by atoms with Crippen LogP contribution in [-0.4, -0.2) is 9.55 Å². The predicted molar refractivity (Wildman–Crippen MR) is 92.6 cm³/mol. The van der Waals surface area contributed by atoms with Gasteiger partial charge in [0.25, 0.3) is 5.56 Å². The third-order valence-corrected chi connectivity index (χ3v) is 5.22. The normalized spacial score (nSPS) is 15.6. The average molecular weight is 329 g/mol. The summed E-state index contributed by atoms with van der Waals surface area (Å²) in [5.74, 6) is 0.771. The van der Waals surface area contributed by atoms with E-state index in [4.69, 9.17) is 11.6 Å². The number of allylic oxidation sites excluding steroid dienone is 1. The molecule has 0 saturated heterocycles. The SMILES string of the molecule is Cc1ccsc1/C=C1\CCn2c1nc1cc(Cl)ccc1c2=O. The van der Waals surface area contributed by atoms with E-state index in [1.165, 1.54) is 10.4 Å². The fraction of sp³-hybridized carbons (Fsp3) is 0.176. The van der Waals surface area contributed by atoms with E-state index < -0.39 is 0 Å². The van der Waals surface area contributed by atoms with E-state index in [0.717, 1.165) is 17.8 Å². The smallest absolute Gasteiger partial charge is 0.261 e. The van der Waals surface area contributed by atoms with Crippen LogP contribution in [0.5, 0.6) is 0 Å². The molecule has 3 nitrogen and oxygen atoms in total. The second-order valence-corrected chi connectivity index (χ2v) is 6.83. The van der Waals surface area contributed by atoms with E-state index >= 15 is 0 Å². The molecule has 3 heterocycles. The molecule has 0 unspecified atom stereocenters. The Hall–Kier alpha value is -1.91. The molecule has 0 saturated carbocycles. The summed E-state index contributed by atoms with van der Waals surface area (Å²) in [7, 11) is 0. The van der Waals surface area contributed by atoms with E-state index in [-0.39, 0.29) is 5.56 Å². The zero-order valence-corrected chi connectivity index (χ0v) is 13.5. The number of aromatic nitrogens is 2. The zero-order valence-electron chi connectivity index (χ0n) is 12.0. The van der Waals surface area contributed by atoms with E-state index in [1.54, 1.807) is 34.1 Å². The highest BCUT2D eigenvalue weighted by Crippen LogP contribution is 2.30. The van der Waals surface area contributed by atoms with Gasteiger partial charge < -0.3 is 0 Å². The van der Waals surface area contributed by atoms with Crippen LogP contribution in [-0.2, 0) is 6.54 Å². The number of rotatable bonds is 1. The average Bonchev–Trinajstić information content (AvgIpc) is 3.07. The summed E-state index contributed by atoms with van der Waals surface area (Å²) in [5.41, 5.74) is 3.05. The van der Waals surface area contributed by atoms with Crippen LogP contribution < -0.4 is 5.56 Å². The van der Waals surface area contributed by atoms with E-state index in [1.807, 2.05) is 0 Å². The third kappa shape index (κ3) is 2.11. The van der Waals surface area contributed by atoms with Crippen LogP contribution in [0.15, 0.2) is 34.4 Å². The standard InChI is InChI=1S/C17H13ClN2OS/c1-10-5-7-22-15(10)8-11-4-6-20-16(11)19-14-9-12(18)2-3-13(14)17(20)21/h2-3,5,7-9H,4,6H2,1H3/b11-8+. The highest BCUT2D eigenvalue weighted by Gasteiger charge is 2.21. The molecule has 0 bridgehead atoms. The van der Waals surface area contributed by atoms with Crippen molar-refractivity contribution in [1.82, 2.24) is 9.55 Å². The van der Waals surface area contributed by atoms with E-state index in [9.17, 15) is 4.79 Å². The molecule has 3 aromatic rings. The Balaban J connectivity index is 1.95. The van der Waals surface area contributed by atoms with E-state index in [0.29, 0.717) is 22.5 Å². The highest BCUT2D eigenvalue weighted by atomic mass is 35.5. The highest BCUT2D eigenvalue weighted by molar-refractivity contribution is 7.11. The molecule has 22 heavy (non-hydrogen) atoms. The number of benzene rings is 1. The van der Waals surface area contributed by atoms with Gasteiger partial charge >= 0.3 is 0 Å². The summed E-state index contributed by atoms with van der Waals surface area (Å²) < 4.78 is 1.77. The molecule has 1 aliphatic rings. The van der Waals surface area contributed by atoms with Crippen molar-refractivity contribution < 1.29 is 0 Å². The Labute approximate surface area is 136 Å². The topological polar surface area (TPSA) is 34.9 Å². The van der Waals surface area contributed by atoms with Gasteiger partial charge in [-0.25, -0.2) is 4.98 Å². The molecule has 0 radical (unpaired) electrons. The van der Waals surface area contributed by atoms with Crippen LogP contribution in [0.3, 0.4) is 0 Å². The van der Waals surface area contributed by atoms with Crippen molar-refractivity contribution in [1.29, 1.82) is 0 Å². The molecule has 110 valence electrons. The summed E-state index contributed by atoms with van der Waals surface area (Å²) in [6, 6.07) is 7.35. The van der Waals surface area contributed by atoms with Gasteiger partial charge in [-0.3, -0.25) is 9.36 Å². The fourth-order valence-corrected chi connectivity index (χ4v) is 3.87. The third-order valence-electron chi connectivity index (χ3n) is 4.02. The largest absolute Gasteiger partial charge is 0.292 e. The summed E-state index contributed by atoms with van der Waals surface area (Å²) in [6.45, 7) is 2.79. The summed E-state index contributed by atoms with van der Waals surface area (Å²) in [5, 5.41) is 3.31. The van der Waals surface area contributed by atoms with Crippen LogP contribution in [0.2, 0.25) is 5.02 Å². The van der Waals surface area contributed by atoms with Crippen molar-refractivity contribution in [3.8, 4) is 0 Å². The van der Waals surface area contributed by atoms with Crippen molar-refractivity contribution in [2.24, 2.45) is 0 Å². The number of nitrogens with zero attached hydrogens (tertiary/aromatic N) is 2. The first-order valence-corrected chi connectivity index (χ1v) is 8.34. The minimum absolute atomic E-state index is 0.0166. The maximum Gasteiger partial charge on any atom is 0.261 e. The van der Waals surface area contributed by atoms with Crippen LogP contribution in [0.25, 0.3) is 22.6 Å². The second-order valence-electron chi connectivity index (χ2n) is 5.44. The number of hydrogen-bond donors (Lipinski definition) is 0.